The monoisotopic (exact) mass is 487 g/mol. The molecule has 0 fully saturated rings. The highest BCUT2D eigenvalue weighted by atomic mass is 16.2. The van der Waals surface area contributed by atoms with Gasteiger partial charge in [0.2, 0.25) is 5.91 Å². The van der Waals surface area contributed by atoms with Crippen molar-refractivity contribution >= 4 is 34.4 Å². The number of nitrogens with two attached hydrogens (primary N) is 1. The van der Waals surface area contributed by atoms with Crippen LogP contribution in [0.15, 0.2) is 55.4 Å². The molecular formula is C25H29N9O2. The molecule has 4 N–H and O–H groups in total. The summed E-state index contributed by atoms with van der Waals surface area (Å²) >= 11 is 0. The van der Waals surface area contributed by atoms with Gasteiger partial charge in [0, 0.05) is 62.4 Å². The molecule has 0 spiro atoms. The second-order valence-corrected chi connectivity index (χ2v) is 8.45. The highest BCUT2D eigenvalue weighted by molar-refractivity contribution is 5.96. The minimum absolute atomic E-state index is 0.0131. The van der Waals surface area contributed by atoms with E-state index in [0.29, 0.717) is 18.9 Å². The molecule has 0 bridgehead atoms. The number of para-hydroxylation sites is 1. The average molecular weight is 488 g/mol. The number of likely N-dealkylation sites (N-methyl/N-ethyl adjacent to an activating group) is 1. The van der Waals surface area contributed by atoms with Crippen LogP contribution in [0.2, 0.25) is 0 Å². The Morgan fingerprint density at radius 1 is 1.17 bits per heavy atom. The normalized spacial score (nSPS) is 10.8. The second-order valence-electron chi connectivity index (χ2n) is 8.45. The van der Waals surface area contributed by atoms with E-state index < -0.39 is 5.91 Å². The molecule has 11 heteroatoms. The Morgan fingerprint density at radius 3 is 2.78 bits per heavy atom. The number of hydrogen-bond acceptors (Lipinski definition) is 8. The maximum atomic E-state index is 12.6. The van der Waals surface area contributed by atoms with Crippen LogP contribution in [0.5, 0.6) is 0 Å². The SMILES string of the molecule is Cc1cccc2cc(CNC(=O)c3nccnc3N)c(NCCCN(C)C(=O)Cn3ccnc3)nc12. The predicted molar refractivity (Wildman–Crippen MR) is 137 cm³/mol. The van der Waals surface area contributed by atoms with E-state index in [4.69, 9.17) is 10.7 Å². The van der Waals surface area contributed by atoms with E-state index >= 15 is 0 Å². The van der Waals surface area contributed by atoms with E-state index in [1.54, 1.807) is 35.2 Å². The van der Waals surface area contributed by atoms with Gasteiger partial charge >= 0.3 is 0 Å². The summed E-state index contributed by atoms with van der Waals surface area (Å²) in [7, 11) is 1.79. The molecule has 4 rings (SSSR count). The summed E-state index contributed by atoms with van der Waals surface area (Å²) in [5.74, 6) is 0.358. The third-order valence-electron chi connectivity index (χ3n) is 5.77. The summed E-state index contributed by atoms with van der Waals surface area (Å²) in [5.41, 5.74) is 8.64. The van der Waals surface area contributed by atoms with Crippen LogP contribution in [-0.2, 0) is 17.9 Å². The lowest BCUT2D eigenvalue weighted by Gasteiger charge is -2.18. The molecule has 0 saturated heterocycles. The molecule has 4 aromatic rings. The summed E-state index contributed by atoms with van der Waals surface area (Å²) in [5, 5.41) is 7.22. The Morgan fingerprint density at radius 2 is 2.00 bits per heavy atom. The molecule has 0 aliphatic carbocycles. The van der Waals surface area contributed by atoms with Crippen molar-refractivity contribution in [2.75, 3.05) is 31.2 Å². The van der Waals surface area contributed by atoms with E-state index in [2.05, 4.69) is 25.6 Å². The maximum Gasteiger partial charge on any atom is 0.273 e. The summed E-state index contributed by atoms with van der Waals surface area (Å²) in [6.45, 7) is 3.70. The van der Waals surface area contributed by atoms with Gasteiger partial charge in [0.25, 0.3) is 5.91 Å². The van der Waals surface area contributed by atoms with Gasteiger partial charge in [0.05, 0.1) is 11.8 Å². The second kappa shape index (κ2) is 11.3. The lowest BCUT2D eigenvalue weighted by atomic mass is 10.1. The Labute approximate surface area is 208 Å². The van der Waals surface area contributed by atoms with Gasteiger partial charge in [0.15, 0.2) is 11.5 Å². The Hall–Kier alpha value is -4.54. The summed E-state index contributed by atoms with van der Waals surface area (Å²) in [4.78, 5) is 43.4. The number of rotatable bonds is 10. The number of hydrogen-bond donors (Lipinski definition) is 3. The number of benzene rings is 1. The smallest absolute Gasteiger partial charge is 0.273 e. The lowest BCUT2D eigenvalue weighted by Crippen LogP contribution is -2.31. The van der Waals surface area contributed by atoms with Gasteiger partial charge in [-0.2, -0.15) is 0 Å². The van der Waals surface area contributed by atoms with Gasteiger partial charge in [-0.15, -0.1) is 0 Å². The molecule has 0 radical (unpaired) electrons. The van der Waals surface area contributed by atoms with Gasteiger partial charge < -0.3 is 25.8 Å². The summed E-state index contributed by atoms with van der Waals surface area (Å²) in [6.07, 6.45) is 8.63. The molecule has 1 aromatic carbocycles. The van der Waals surface area contributed by atoms with Gasteiger partial charge in [0.1, 0.15) is 12.4 Å². The third-order valence-corrected chi connectivity index (χ3v) is 5.77. The van der Waals surface area contributed by atoms with Crippen molar-refractivity contribution in [3.8, 4) is 0 Å². The highest BCUT2D eigenvalue weighted by Crippen LogP contribution is 2.23. The molecule has 0 aliphatic heterocycles. The first kappa shape index (κ1) is 24.6. The zero-order valence-corrected chi connectivity index (χ0v) is 20.3. The van der Waals surface area contributed by atoms with Gasteiger partial charge in [-0.1, -0.05) is 18.2 Å². The number of aryl methyl sites for hydroxylation is 1. The molecule has 36 heavy (non-hydrogen) atoms. The van der Waals surface area contributed by atoms with Crippen molar-refractivity contribution in [2.24, 2.45) is 0 Å². The highest BCUT2D eigenvalue weighted by Gasteiger charge is 2.15. The zero-order valence-electron chi connectivity index (χ0n) is 20.3. The number of fused-ring (bicyclic) bond motifs is 1. The van der Waals surface area contributed by atoms with E-state index in [-0.39, 0.29) is 30.5 Å². The standard InChI is InChI=1S/C25H29N9O2/c1-17-5-3-6-18-13-19(14-31-25(36)22-23(26)29-9-8-28-22)24(32-21(17)18)30-7-4-11-33(2)20(35)15-34-12-10-27-16-34/h3,5-6,8-10,12-13,16H,4,7,11,14-15H2,1-2H3,(H2,26,29)(H,30,32)(H,31,36). The molecule has 0 aliphatic rings. The Kier molecular flexibility index (Phi) is 7.69. The number of carbonyl (C=O) groups excluding carboxylic acids is 2. The fourth-order valence-corrected chi connectivity index (χ4v) is 3.77. The number of aromatic nitrogens is 5. The number of anilines is 2. The molecular weight excluding hydrogens is 458 g/mol. The third kappa shape index (κ3) is 5.93. The number of imidazole rings is 1. The van der Waals surface area contributed by atoms with Crippen molar-refractivity contribution < 1.29 is 9.59 Å². The number of amides is 2. The van der Waals surface area contributed by atoms with Crippen LogP contribution in [-0.4, -0.2) is 61.4 Å². The summed E-state index contributed by atoms with van der Waals surface area (Å²) in [6, 6.07) is 7.99. The number of carbonyl (C=O) groups is 2. The van der Waals surface area contributed by atoms with Crippen molar-refractivity contribution in [3.05, 3.63) is 72.2 Å². The predicted octanol–water partition coefficient (Wildman–Crippen LogP) is 2.00. The van der Waals surface area contributed by atoms with Crippen LogP contribution in [0.4, 0.5) is 11.6 Å². The van der Waals surface area contributed by atoms with Gasteiger partial charge in [-0.05, 0) is 25.0 Å². The van der Waals surface area contributed by atoms with Gasteiger partial charge in [-0.25, -0.2) is 19.9 Å². The largest absolute Gasteiger partial charge is 0.382 e. The van der Waals surface area contributed by atoms with Gasteiger partial charge in [-0.3, -0.25) is 9.59 Å². The first-order valence-electron chi connectivity index (χ1n) is 11.6. The van der Waals surface area contributed by atoms with Crippen molar-refractivity contribution in [2.45, 2.75) is 26.4 Å². The van der Waals surface area contributed by atoms with Crippen molar-refractivity contribution in [1.29, 1.82) is 0 Å². The van der Waals surface area contributed by atoms with E-state index in [1.807, 2.05) is 31.2 Å². The number of nitrogens with zero attached hydrogens (tertiary/aromatic N) is 6. The average Bonchev–Trinajstić information content (AvgIpc) is 3.38. The van der Waals surface area contributed by atoms with Crippen LogP contribution in [0.25, 0.3) is 10.9 Å². The van der Waals surface area contributed by atoms with E-state index in [1.165, 1.54) is 12.4 Å². The molecule has 11 nitrogen and oxygen atoms in total. The molecule has 3 heterocycles. The lowest BCUT2D eigenvalue weighted by molar-refractivity contribution is -0.130. The Bertz CT molecular complexity index is 1360. The molecule has 186 valence electrons. The molecule has 0 atom stereocenters. The molecule has 2 amide bonds. The van der Waals surface area contributed by atoms with Crippen LogP contribution < -0.4 is 16.4 Å². The number of nitrogens with one attached hydrogen (secondary N) is 2. The van der Waals surface area contributed by atoms with Crippen molar-refractivity contribution in [1.82, 2.24) is 34.7 Å². The number of pyridine rings is 1. The van der Waals surface area contributed by atoms with E-state index in [9.17, 15) is 9.59 Å². The first-order chi connectivity index (χ1) is 17.4. The van der Waals surface area contributed by atoms with Crippen LogP contribution in [0, 0.1) is 6.92 Å². The van der Waals surface area contributed by atoms with Crippen molar-refractivity contribution in [3.63, 3.8) is 0 Å². The zero-order chi connectivity index (χ0) is 25.5. The number of nitrogen functional groups attached to an aromatic ring is 1. The van der Waals surface area contributed by atoms with Crippen LogP contribution >= 0.6 is 0 Å². The molecule has 0 saturated carbocycles. The Balaban J connectivity index is 1.41. The topological polar surface area (TPSA) is 144 Å². The van der Waals surface area contributed by atoms with E-state index in [0.717, 1.165) is 28.5 Å². The quantitative estimate of drug-likeness (QED) is 0.288. The first-order valence-corrected chi connectivity index (χ1v) is 11.6. The maximum absolute atomic E-state index is 12.6. The fraction of sp³-hybridized carbons (Fsp3) is 0.280. The minimum atomic E-state index is -0.408. The molecule has 3 aromatic heterocycles. The fourth-order valence-electron chi connectivity index (χ4n) is 3.77. The van der Waals surface area contributed by atoms with Crippen LogP contribution in [0.3, 0.4) is 0 Å². The molecule has 0 unspecified atom stereocenters. The summed E-state index contributed by atoms with van der Waals surface area (Å²) < 4.78 is 1.74. The van der Waals surface area contributed by atoms with Crippen LogP contribution in [0.1, 0.15) is 28.0 Å². The minimum Gasteiger partial charge on any atom is -0.382 e.